The number of fused-ring (bicyclic) bond motifs is 1. The van der Waals surface area contributed by atoms with Gasteiger partial charge in [0.1, 0.15) is 0 Å². The van der Waals surface area contributed by atoms with Gasteiger partial charge in [-0.1, -0.05) is 51.0 Å². The van der Waals surface area contributed by atoms with E-state index >= 15 is 0 Å². The molecule has 0 spiro atoms. The zero-order chi connectivity index (χ0) is 11.6. The predicted octanol–water partition coefficient (Wildman–Crippen LogP) is 3.31. The molecule has 0 fully saturated rings. The van der Waals surface area contributed by atoms with Crippen molar-refractivity contribution in [2.75, 3.05) is 0 Å². The van der Waals surface area contributed by atoms with Gasteiger partial charge < -0.3 is 5.73 Å². The van der Waals surface area contributed by atoms with Crippen molar-refractivity contribution in [1.29, 1.82) is 0 Å². The van der Waals surface area contributed by atoms with Crippen molar-refractivity contribution in [2.24, 2.45) is 11.7 Å². The van der Waals surface area contributed by atoms with Crippen molar-refractivity contribution >= 4 is 0 Å². The summed E-state index contributed by atoms with van der Waals surface area (Å²) in [7, 11) is 0. The Bertz CT molecular complexity index is 331. The second-order valence-electron chi connectivity index (χ2n) is 5.58. The van der Waals surface area contributed by atoms with E-state index in [1.54, 1.807) is 0 Å². The average molecular weight is 217 g/mol. The van der Waals surface area contributed by atoms with Crippen molar-refractivity contribution in [1.82, 2.24) is 0 Å². The first-order valence-electron chi connectivity index (χ1n) is 6.48. The molecule has 1 aliphatic carbocycles. The molecule has 0 aromatic heterocycles. The highest BCUT2D eigenvalue weighted by atomic mass is 14.8. The molecule has 0 amide bonds. The van der Waals surface area contributed by atoms with Gasteiger partial charge in [0.2, 0.25) is 0 Å². The highest BCUT2D eigenvalue weighted by Gasteiger charge is 2.34. The molecule has 2 rings (SSSR count). The Morgan fingerprint density at radius 3 is 2.31 bits per heavy atom. The minimum atomic E-state index is 0.0261. The van der Waals surface area contributed by atoms with Gasteiger partial charge in [-0.2, -0.15) is 0 Å². The molecule has 0 saturated heterocycles. The van der Waals surface area contributed by atoms with E-state index in [1.165, 1.54) is 24.0 Å². The van der Waals surface area contributed by atoms with Crippen LogP contribution in [0.3, 0.4) is 0 Å². The van der Waals surface area contributed by atoms with Crippen molar-refractivity contribution in [3.63, 3.8) is 0 Å². The molecular formula is C15H23N. The Hall–Kier alpha value is -0.820. The molecule has 0 aliphatic heterocycles. The summed E-state index contributed by atoms with van der Waals surface area (Å²) in [6, 6.07) is 8.71. The summed E-state index contributed by atoms with van der Waals surface area (Å²) in [5, 5.41) is 0. The van der Waals surface area contributed by atoms with Gasteiger partial charge >= 0.3 is 0 Å². The lowest BCUT2D eigenvalue weighted by Crippen LogP contribution is -2.42. The van der Waals surface area contributed by atoms with Gasteiger partial charge in [-0.3, -0.25) is 0 Å². The lowest BCUT2D eigenvalue weighted by molar-refractivity contribution is 0.327. The summed E-state index contributed by atoms with van der Waals surface area (Å²) in [5.74, 6) is 0.754. The average Bonchev–Trinajstić information content (AvgIpc) is 2.53. The topological polar surface area (TPSA) is 26.0 Å². The normalized spacial score (nSPS) is 19.4. The molecule has 0 saturated carbocycles. The molecular weight excluding hydrogens is 194 g/mol. The third-order valence-electron chi connectivity index (χ3n) is 3.74. The van der Waals surface area contributed by atoms with Crippen LogP contribution in [0.1, 0.15) is 44.2 Å². The molecule has 0 heterocycles. The van der Waals surface area contributed by atoms with E-state index in [0.717, 1.165) is 25.2 Å². The first-order chi connectivity index (χ1) is 7.63. The fourth-order valence-corrected chi connectivity index (χ4v) is 3.16. The van der Waals surface area contributed by atoms with Crippen LogP contribution < -0.4 is 5.73 Å². The van der Waals surface area contributed by atoms with Crippen LogP contribution in [0.25, 0.3) is 0 Å². The van der Waals surface area contributed by atoms with Gasteiger partial charge in [0.05, 0.1) is 0 Å². The van der Waals surface area contributed by atoms with Gasteiger partial charge in [-0.15, -0.1) is 0 Å². The van der Waals surface area contributed by atoms with Crippen LogP contribution in [0.15, 0.2) is 24.3 Å². The van der Waals surface area contributed by atoms with Crippen LogP contribution in [-0.4, -0.2) is 5.54 Å². The molecule has 1 unspecified atom stereocenters. The fourth-order valence-electron chi connectivity index (χ4n) is 3.16. The minimum absolute atomic E-state index is 0.0261. The molecule has 0 radical (unpaired) electrons. The van der Waals surface area contributed by atoms with E-state index in [-0.39, 0.29) is 5.54 Å². The molecule has 0 bridgehead atoms. The van der Waals surface area contributed by atoms with Crippen molar-refractivity contribution in [3.05, 3.63) is 35.4 Å². The quantitative estimate of drug-likeness (QED) is 0.822. The zero-order valence-electron chi connectivity index (χ0n) is 10.5. The predicted molar refractivity (Wildman–Crippen MR) is 69.5 cm³/mol. The largest absolute Gasteiger partial charge is 0.324 e. The molecule has 1 aromatic rings. The van der Waals surface area contributed by atoms with Crippen LogP contribution >= 0.6 is 0 Å². The second-order valence-corrected chi connectivity index (χ2v) is 5.58. The maximum absolute atomic E-state index is 6.54. The molecule has 1 nitrogen and oxygen atoms in total. The van der Waals surface area contributed by atoms with E-state index in [1.807, 2.05) is 0 Å². The molecule has 88 valence electrons. The summed E-state index contributed by atoms with van der Waals surface area (Å²) < 4.78 is 0. The Morgan fingerprint density at radius 2 is 1.81 bits per heavy atom. The zero-order valence-corrected chi connectivity index (χ0v) is 10.5. The summed E-state index contributed by atoms with van der Waals surface area (Å²) in [6.07, 6.45) is 5.86. The second kappa shape index (κ2) is 4.58. The SMILES string of the molecule is CCCC(C)CC1(N)Cc2ccccc2C1. The summed E-state index contributed by atoms with van der Waals surface area (Å²) in [4.78, 5) is 0. The van der Waals surface area contributed by atoms with E-state index in [4.69, 9.17) is 5.73 Å². The molecule has 1 atom stereocenters. The first-order valence-corrected chi connectivity index (χ1v) is 6.48. The molecule has 2 N–H and O–H groups in total. The van der Waals surface area contributed by atoms with Crippen molar-refractivity contribution in [3.8, 4) is 0 Å². The van der Waals surface area contributed by atoms with E-state index in [0.29, 0.717) is 0 Å². The molecule has 1 aromatic carbocycles. The standard InChI is InChI=1S/C15H23N/c1-3-6-12(2)9-15(16)10-13-7-4-5-8-14(13)11-15/h4-5,7-8,12H,3,6,9-11,16H2,1-2H3. The van der Waals surface area contributed by atoms with E-state index in [9.17, 15) is 0 Å². The van der Waals surface area contributed by atoms with Crippen LogP contribution in [-0.2, 0) is 12.8 Å². The molecule has 16 heavy (non-hydrogen) atoms. The van der Waals surface area contributed by atoms with E-state index < -0.39 is 0 Å². The Labute approximate surface area is 99.0 Å². The van der Waals surface area contributed by atoms with Gasteiger partial charge in [-0.25, -0.2) is 0 Å². The number of hydrogen-bond acceptors (Lipinski definition) is 1. The Morgan fingerprint density at radius 1 is 1.25 bits per heavy atom. The lowest BCUT2D eigenvalue weighted by Gasteiger charge is -2.27. The first kappa shape index (κ1) is 11.7. The molecule has 1 heteroatoms. The maximum Gasteiger partial charge on any atom is 0.0238 e. The van der Waals surface area contributed by atoms with Crippen LogP contribution in [0.2, 0.25) is 0 Å². The van der Waals surface area contributed by atoms with Crippen LogP contribution in [0.4, 0.5) is 0 Å². The smallest absolute Gasteiger partial charge is 0.0238 e. The lowest BCUT2D eigenvalue weighted by atomic mass is 9.84. The Balaban J connectivity index is 2.03. The van der Waals surface area contributed by atoms with Gasteiger partial charge in [-0.05, 0) is 36.3 Å². The highest BCUT2D eigenvalue weighted by Crippen LogP contribution is 2.33. The van der Waals surface area contributed by atoms with Gasteiger partial charge in [0, 0.05) is 5.54 Å². The fraction of sp³-hybridized carbons (Fsp3) is 0.600. The van der Waals surface area contributed by atoms with E-state index in [2.05, 4.69) is 38.1 Å². The number of benzene rings is 1. The highest BCUT2D eigenvalue weighted by molar-refractivity contribution is 5.35. The summed E-state index contributed by atoms with van der Waals surface area (Å²) in [6.45, 7) is 4.59. The monoisotopic (exact) mass is 217 g/mol. The van der Waals surface area contributed by atoms with Gasteiger partial charge in [0.25, 0.3) is 0 Å². The third-order valence-corrected chi connectivity index (χ3v) is 3.74. The van der Waals surface area contributed by atoms with Crippen LogP contribution in [0.5, 0.6) is 0 Å². The molecule has 1 aliphatic rings. The van der Waals surface area contributed by atoms with Crippen LogP contribution in [0, 0.1) is 5.92 Å². The third kappa shape index (κ3) is 2.46. The number of nitrogens with two attached hydrogens (primary N) is 1. The number of hydrogen-bond donors (Lipinski definition) is 1. The Kier molecular flexibility index (Phi) is 3.34. The minimum Gasteiger partial charge on any atom is -0.324 e. The van der Waals surface area contributed by atoms with Crippen molar-refractivity contribution in [2.45, 2.75) is 51.5 Å². The van der Waals surface area contributed by atoms with Gasteiger partial charge in [0.15, 0.2) is 0 Å². The number of rotatable bonds is 4. The summed E-state index contributed by atoms with van der Waals surface area (Å²) in [5.41, 5.74) is 9.50. The maximum atomic E-state index is 6.54. The summed E-state index contributed by atoms with van der Waals surface area (Å²) >= 11 is 0. The van der Waals surface area contributed by atoms with Crippen molar-refractivity contribution < 1.29 is 0 Å².